The highest BCUT2D eigenvalue weighted by molar-refractivity contribution is 8.07. The Morgan fingerprint density at radius 3 is 2.78 bits per heavy atom. The number of benzene rings is 1. The van der Waals surface area contributed by atoms with E-state index < -0.39 is 0 Å². The Kier molecular flexibility index (Phi) is 5.01. The van der Waals surface area contributed by atoms with Gasteiger partial charge in [0.05, 0.1) is 16.9 Å². The van der Waals surface area contributed by atoms with Crippen LogP contribution in [0.25, 0.3) is 0 Å². The number of thioether (sulfide) groups is 2. The lowest BCUT2D eigenvalue weighted by Gasteiger charge is -2.21. The molecular weight excluding hydrogens is 264 g/mol. The molecule has 0 spiro atoms. The molecule has 1 fully saturated rings. The SMILES string of the molecule is CC(C)Oc1ccccc1C(=O)C1CSCCS1. The van der Waals surface area contributed by atoms with Crippen molar-refractivity contribution in [3.8, 4) is 5.75 Å². The molecule has 4 heteroatoms. The topological polar surface area (TPSA) is 26.3 Å². The average Bonchev–Trinajstić information content (AvgIpc) is 2.39. The first-order valence-electron chi connectivity index (χ1n) is 6.17. The summed E-state index contributed by atoms with van der Waals surface area (Å²) in [7, 11) is 0. The molecule has 1 atom stereocenters. The van der Waals surface area contributed by atoms with Gasteiger partial charge in [-0.05, 0) is 26.0 Å². The lowest BCUT2D eigenvalue weighted by molar-refractivity contribution is 0.0989. The molecule has 2 rings (SSSR count). The molecule has 0 radical (unpaired) electrons. The Morgan fingerprint density at radius 1 is 1.33 bits per heavy atom. The van der Waals surface area contributed by atoms with Crippen molar-refractivity contribution < 1.29 is 9.53 Å². The largest absolute Gasteiger partial charge is 0.490 e. The van der Waals surface area contributed by atoms with Crippen LogP contribution in [0.5, 0.6) is 5.75 Å². The molecular formula is C14H18O2S2. The maximum absolute atomic E-state index is 12.5. The standard InChI is InChI=1S/C14H18O2S2/c1-10(2)16-12-6-4-3-5-11(12)14(15)13-9-17-7-8-18-13/h3-6,10,13H,7-9H2,1-2H3. The van der Waals surface area contributed by atoms with E-state index in [1.54, 1.807) is 11.8 Å². The maximum atomic E-state index is 12.5. The third kappa shape index (κ3) is 3.45. The van der Waals surface area contributed by atoms with E-state index in [1.807, 2.05) is 49.9 Å². The quantitative estimate of drug-likeness (QED) is 0.790. The van der Waals surface area contributed by atoms with E-state index in [4.69, 9.17) is 4.74 Å². The highest BCUT2D eigenvalue weighted by Gasteiger charge is 2.25. The van der Waals surface area contributed by atoms with E-state index in [0.717, 1.165) is 22.8 Å². The van der Waals surface area contributed by atoms with Crippen molar-refractivity contribution in [2.24, 2.45) is 0 Å². The zero-order valence-electron chi connectivity index (χ0n) is 10.7. The fraction of sp³-hybridized carbons (Fsp3) is 0.500. The van der Waals surface area contributed by atoms with Crippen LogP contribution in [0, 0.1) is 0 Å². The Morgan fingerprint density at radius 2 is 2.11 bits per heavy atom. The maximum Gasteiger partial charge on any atom is 0.180 e. The van der Waals surface area contributed by atoms with Crippen LogP contribution in [-0.2, 0) is 0 Å². The van der Waals surface area contributed by atoms with Gasteiger partial charge in [0, 0.05) is 17.3 Å². The van der Waals surface area contributed by atoms with Crippen molar-refractivity contribution in [3.05, 3.63) is 29.8 Å². The number of Topliss-reactive ketones (excluding diaryl/α,β-unsaturated/α-hetero) is 1. The van der Waals surface area contributed by atoms with E-state index in [9.17, 15) is 4.79 Å². The first kappa shape index (κ1) is 13.8. The van der Waals surface area contributed by atoms with Crippen molar-refractivity contribution in [2.75, 3.05) is 17.3 Å². The highest BCUT2D eigenvalue weighted by Crippen LogP contribution is 2.30. The number of carbonyl (C=O) groups is 1. The van der Waals surface area contributed by atoms with Crippen LogP contribution in [-0.4, -0.2) is 34.4 Å². The van der Waals surface area contributed by atoms with Crippen LogP contribution >= 0.6 is 23.5 Å². The van der Waals surface area contributed by atoms with E-state index >= 15 is 0 Å². The van der Waals surface area contributed by atoms with Gasteiger partial charge in [0.1, 0.15) is 5.75 Å². The number of para-hydroxylation sites is 1. The molecule has 18 heavy (non-hydrogen) atoms. The average molecular weight is 282 g/mol. The van der Waals surface area contributed by atoms with Crippen LogP contribution in [0.1, 0.15) is 24.2 Å². The van der Waals surface area contributed by atoms with Crippen LogP contribution in [0.3, 0.4) is 0 Å². The normalized spacial score (nSPS) is 19.8. The Hall–Kier alpha value is -0.610. The molecule has 0 N–H and O–H groups in total. The van der Waals surface area contributed by atoms with Crippen LogP contribution in [0.2, 0.25) is 0 Å². The molecule has 1 unspecified atom stereocenters. The number of ketones is 1. The fourth-order valence-electron chi connectivity index (χ4n) is 1.84. The van der Waals surface area contributed by atoms with Gasteiger partial charge < -0.3 is 4.74 Å². The van der Waals surface area contributed by atoms with Crippen LogP contribution in [0.15, 0.2) is 24.3 Å². The summed E-state index contributed by atoms with van der Waals surface area (Å²) in [5, 5.41) is 0.0839. The van der Waals surface area contributed by atoms with Gasteiger partial charge in [0.25, 0.3) is 0 Å². The van der Waals surface area contributed by atoms with Gasteiger partial charge in [-0.1, -0.05) is 12.1 Å². The number of hydrogen-bond donors (Lipinski definition) is 0. The van der Waals surface area contributed by atoms with E-state index in [2.05, 4.69) is 0 Å². The molecule has 0 bridgehead atoms. The molecule has 0 amide bonds. The summed E-state index contributed by atoms with van der Waals surface area (Å²) < 4.78 is 5.72. The molecule has 1 aromatic rings. The van der Waals surface area contributed by atoms with Crippen molar-refractivity contribution in [1.29, 1.82) is 0 Å². The van der Waals surface area contributed by atoms with E-state index in [-0.39, 0.29) is 17.1 Å². The summed E-state index contributed by atoms with van der Waals surface area (Å²) in [6, 6.07) is 7.58. The van der Waals surface area contributed by atoms with Crippen molar-refractivity contribution in [2.45, 2.75) is 25.2 Å². The molecule has 2 nitrogen and oxygen atoms in total. The molecule has 1 aliphatic rings. The molecule has 0 aliphatic carbocycles. The van der Waals surface area contributed by atoms with E-state index in [0.29, 0.717) is 5.75 Å². The van der Waals surface area contributed by atoms with Crippen molar-refractivity contribution in [1.82, 2.24) is 0 Å². The van der Waals surface area contributed by atoms with Gasteiger partial charge in [0.15, 0.2) is 5.78 Å². The predicted octanol–water partition coefficient (Wildman–Crippen LogP) is 3.51. The minimum absolute atomic E-state index is 0.0839. The zero-order valence-corrected chi connectivity index (χ0v) is 12.4. The molecule has 1 heterocycles. The predicted molar refractivity (Wildman–Crippen MR) is 80.1 cm³/mol. The van der Waals surface area contributed by atoms with Gasteiger partial charge in [0.2, 0.25) is 0 Å². The monoisotopic (exact) mass is 282 g/mol. The first-order chi connectivity index (χ1) is 8.68. The van der Waals surface area contributed by atoms with E-state index in [1.165, 1.54) is 0 Å². The third-order valence-electron chi connectivity index (χ3n) is 2.62. The van der Waals surface area contributed by atoms with Gasteiger partial charge in [-0.2, -0.15) is 11.8 Å². The number of ether oxygens (including phenoxy) is 1. The second-order valence-electron chi connectivity index (χ2n) is 4.46. The number of rotatable bonds is 4. The molecule has 98 valence electrons. The summed E-state index contributed by atoms with van der Waals surface area (Å²) in [6.07, 6.45) is 0.0901. The van der Waals surface area contributed by atoms with Crippen LogP contribution in [0.4, 0.5) is 0 Å². The van der Waals surface area contributed by atoms with Crippen molar-refractivity contribution in [3.63, 3.8) is 0 Å². The highest BCUT2D eigenvalue weighted by atomic mass is 32.2. The number of hydrogen-bond acceptors (Lipinski definition) is 4. The molecule has 0 saturated carbocycles. The summed E-state index contributed by atoms with van der Waals surface area (Å²) in [5.41, 5.74) is 0.728. The number of carbonyl (C=O) groups excluding carboxylic acids is 1. The zero-order chi connectivity index (χ0) is 13.0. The Labute approximate surface area is 117 Å². The second kappa shape index (κ2) is 6.53. The summed E-state index contributed by atoms with van der Waals surface area (Å²) >= 11 is 3.63. The van der Waals surface area contributed by atoms with Crippen molar-refractivity contribution >= 4 is 29.3 Å². The second-order valence-corrected chi connectivity index (χ2v) is 6.92. The Balaban J connectivity index is 2.18. The van der Waals surface area contributed by atoms with Gasteiger partial charge in [-0.15, -0.1) is 11.8 Å². The summed E-state index contributed by atoms with van der Waals surface area (Å²) in [5.74, 6) is 4.06. The molecule has 1 saturated heterocycles. The smallest absolute Gasteiger partial charge is 0.180 e. The molecule has 0 aromatic heterocycles. The van der Waals surface area contributed by atoms with Gasteiger partial charge >= 0.3 is 0 Å². The third-order valence-corrected chi connectivity index (χ3v) is 5.38. The lowest BCUT2D eigenvalue weighted by Crippen LogP contribution is -2.25. The summed E-state index contributed by atoms with van der Waals surface area (Å²) in [4.78, 5) is 12.5. The van der Waals surface area contributed by atoms with Crippen LogP contribution < -0.4 is 4.74 Å². The first-order valence-corrected chi connectivity index (χ1v) is 8.38. The summed E-state index contributed by atoms with van der Waals surface area (Å²) in [6.45, 7) is 3.96. The molecule has 1 aromatic carbocycles. The van der Waals surface area contributed by atoms with Gasteiger partial charge in [-0.25, -0.2) is 0 Å². The lowest BCUT2D eigenvalue weighted by atomic mass is 10.1. The minimum Gasteiger partial charge on any atom is -0.490 e. The fourth-order valence-corrected chi connectivity index (χ4v) is 4.46. The minimum atomic E-state index is 0.0839. The Bertz CT molecular complexity index is 412. The molecule has 1 aliphatic heterocycles. The van der Waals surface area contributed by atoms with Gasteiger partial charge in [-0.3, -0.25) is 4.79 Å².